The Balaban J connectivity index is 2.26. The summed E-state index contributed by atoms with van der Waals surface area (Å²) in [6.45, 7) is 0. The lowest BCUT2D eigenvalue weighted by atomic mass is 10.2. The van der Waals surface area contributed by atoms with E-state index in [-0.39, 0.29) is 0 Å². The zero-order valence-corrected chi connectivity index (χ0v) is 12.4. The van der Waals surface area contributed by atoms with E-state index >= 15 is 0 Å². The number of pyridine rings is 1. The molecule has 0 radical (unpaired) electrons. The molecule has 4 nitrogen and oxygen atoms in total. The van der Waals surface area contributed by atoms with Gasteiger partial charge in [-0.2, -0.15) is 5.26 Å². The molecule has 0 aliphatic carbocycles. The van der Waals surface area contributed by atoms with E-state index in [1.807, 2.05) is 22.6 Å². The second-order valence-corrected chi connectivity index (χ2v) is 5.50. The minimum absolute atomic E-state index is 0.562. The molecule has 3 rings (SSSR count). The fourth-order valence-corrected chi connectivity index (χ4v) is 2.56. The predicted molar refractivity (Wildman–Crippen MR) is 80.9 cm³/mol. The Morgan fingerprint density at radius 3 is 2.84 bits per heavy atom. The standard InChI is InChI=1S/C13H6ClIN4/c14-9-1-2-11(15)10(6-9)13-18-17-12-5-8(7-16)3-4-19(12)13/h1-6H. The van der Waals surface area contributed by atoms with Gasteiger partial charge >= 0.3 is 0 Å². The summed E-state index contributed by atoms with van der Waals surface area (Å²) < 4.78 is 2.88. The highest BCUT2D eigenvalue weighted by Gasteiger charge is 2.12. The molecule has 0 amide bonds. The summed E-state index contributed by atoms with van der Waals surface area (Å²) in [5.74, 6) is 0.714. The molecule has 0 saturated carbocycles. The van der Waals surface area contributed by atoms with Crippen LogP contribution in [-0.2, 0) is 0 Å². The second kappa shape index (κ2) is 4.79. The van der Waals surface area contributed by atoms with E-state index in [1.165, 1.54) is 0 Å². The number of hydrogen-bond donors (Lipinski definition) is 0. The van der Waals surface area contributed by atoms with Gasteiger partial charge in [0.2, 0.25) is 0 Å². The zero-order chi connectivity index (χ0) is 13.4. The van der Waals surface area contributed by atoms with E-state index in [0.717, 1.165) is 9.13 Å². The monoisotopic (exact) mass is 380 g/mol. The SMILES string of the molecule is N#Cc1ccn2c(-c3cc(Cl)ccc3I)nnc2c1. The minimum atomic E-state index is 0.562. The summed E-state index contributed by atoms with van der Waals surface area (Å²) in [4.78, 5) is 0. The first-order chi connectivity index (χ1) is 9.19. The normalized spacial score (nSPS) is 10.6. The smallest absolute Gasteiger partial charge is 0.169 e. The maximum absolute atomic E-state index is 8.88. The van der Waals surface area contributed by atoms with E-state index in [9.17, 15) is 0 Å². The first-order valence-corrected chi connectivity index (χ1v) is 6.85. The molecule has 0 unspecified atom stereocenters. The van der Waals surface area contributed by atoms with Gasteiger partial charge in [-0.1, -0.05) is 11.6 Å². The van der Waals surface area contributed by atoms with Gasteiger partial charge in [0.05, 0.1) is 11.6 Å². The van der Waals surface area contributed by atoms with Crippen LogP contribution < -0.4 is 0 Å². The molecule has 0 fully saturated rings. The molecule has 2 heterocycles. The van der Waals surface area contributed by atoms with Crippen molar-refractivity contribution >= 4 is 39.8 Å². The average Bonchev–Trinajstić information content (AvgIpc) is 2.84. The van der Waals surface area contributed by atoms with E-state index in [1.54, 1.807) is 18.3 Å². The lowest BCUT2D eigenvalue weighted by Gasteiger charge is -2.03. The summed E-state index contributed by atoms with van der Waals surface area (Å²) in [7, 11) is 0. The van der Waals surface area contributed by atoms with Gasteiger partial charge in [0.25, 0.3) is 0 Å². The molecule has 3 aromatic rings. The van der Waals surface area contributed by atoms with Crippen LogP contribution >= 0.6 is 34.2 Å². The van der Waals surface area contributed by atoms with Crippen molar-refractivity contribution in [2.75, 3.05) is 0 Å². The van der Waals surface area contributed by atoms with Crippen LogP contribution in [0, 0.1) is 14.9 Å². The first kappa shape index (κ1) is 12.4. The molecule has 0 atom stereocenters. The van der Waals surface area contributed by atoms with Gasteiger partial charge in [0.1, 0.15) is 0 Å². The van der Waals surface area contributed by atoms with Gasteiger partial charge in [0, 0.05) is 26.4 Å². The Kier molecular flexibility index (Phi) is 3.12. The number of hydrogen-bond acceptors (Lipinski definition) is 3. The number of rotatable bonds is 1. The molecule has 0 aliphatic heterocycles. The highest BCUT2D eigenvalue weighted by atomic mass is 127. The van der Waals surface area contributed by atoms with Crippen molar-refractivity contribution in [1.82, 2.24) is 14.6 Å². The average molecular weight is 381 g/mol. The van der Waals surface area contributed by atoms with Crippen molar-refractivity contribution in [2.45, 2.75) is 0 Å². The van der Waals surface area contributed by atoms with Crippen LogP contribution in [0.3, 0.4) is 0 Å². The van der Waals surface area contributed by atoms with Crippen LogP contribution in [0.2, 0.25) is 5.02 Å². The van der Waals surface area contributed by atoms with Gasteiger partial charge in [-0.05, 0) is 46.9 Å². The van der Waals surface area contributed by atoms with Gasteiger partial charge in [-0.15, -0.1) is 10.2 Å². The maximum atomic E-state index is 8.88. The van der Waals surface area contributed by atoms with Gasteiger partial charge in [-0.3, -0.25) is 4.40 Å². The minimum Gasteiger partial charge on any atom is -0.282 e. The Morgan fingerprint density at radius 1 is 1.21 bits per heavy atom. The van der Waals surface area contributed by atoms with Crippen molar-refractivity contribution in [1.29, 1.82) is 5.26 Å². The highest BCUT2D eigenvalue weighted by Crippen LogP contribution is 2.27. The molecule has 0 spiro atoms. The van der Waals surface area contributed by atoms with Crippen molar-refractivity contribution < 1.29 is 0 Å². The van der Waals surface area contributed by atoms with Crippen molar-refractivity contribution in [3.05, 3.63) is 50.7 Å². The topological polar surface area (TPSA) is 54.0 Å². The summed E-state index contributed by atoms with van der Waals surface area (Å²) in [6.07, 6.45) is 1.79. The van der Waals surface area contributed by atoms with Gasteiger partial charge in [-0.25, -0.2) is 0 Å². The van der Waals surface area contributed by atoms with Gasteiger partial charge < -0.3 is 0 Å². The lowest BCUT2D eigenvalue weighted by molar-refractivity contribution is 1.11. The molecule has 6 heteroatoms. The van der Waals surface area contributed by atoms with Crippen LogP contribution in [0.1, 0.15) is 5.56 Å². The number of nitriles is 1. The summed E-state index contributed by atoms with van der Waals surface area (Å²) in [6, 6.07) is 11.2. The quantitative estimate of drug-likeness (QED) is 0.607. The zero-order valence-electron chi connectivity index (χ0n) is 9.51. The van der Waals surface area contributed by atoms with Crippen LogP contribution in [0.4, 0.5) is 0 Å². The van der Waals surface area contributed by atoms with Crippen molar-refractivity contribution in [2.24, 2.45) is 0 Å². The van der Waals surface area contributed by atoms with E-state index in [0.29, 0.717) is 22.1 Å². The third-order valence-corrected chi connectivity index (χ3v) is 3.88. The largest absolute Gasteiger partial charge is 0.282 e. The Labute approximate surface area is 127 Å². The lowest BCUT2D eigenvalue weighted by Crippen LogP contribution is -1.92. The predicted octanol–water partition coefficient (Wildman–Crippen LogP) is 3.53. The number of benzene rings is 1. The maximum Gasteiger partial charge on any atom is 0.169 e. The van der Waals surface area contributed by atoms with E-state index in [2.05, 4.69) is 38.9 Å². The Bertz CT molecular complexity index is 819. The Hall–Kier alpha value is -1.65. The van der Waals surface area contributed by atoms with Crippen molar-refractivity contribution in [3.8, 4) is 17.5 Å². The summed E-state index contributed by atoms with van der Waals surface area (Å²) in [5, 5.41) is 17.8. The number of halogens is 2. The molecule has 2 aromatic heterocycles. The number of aromatic nitrogens is 3. The van der Waals surface area contributed by atoms with Crippen molar-refractivity contribution in [3.63, 3.8) is 0 Å². The Morgan fingerprint density at radius 2 is 2.05 bits per heavy atom. The highest BCUT2D eigenvalue weighted by molar-refractivity contribution is 14.1. The van der Waals surface area contributed by atoms with Crippen LogP contribution in [0.25, 0.3) is 17.0 Å². The van der Waals surface area contributed by atoms with Crippen LogP contribution in [0.15, 0.2) is 36.5 Å². The molecular formula is C13H6ClIN4. The molecule has 92 valence electrons. The fourth-order valence-electron chi connectivity index (χ4n) is 1.81. The molecule has 0 aliphatic rings. The molecular weight excluding hydrogens is 375 g/mol. The third-order valence-electron chi connectivity index (χ3n) is 2.71. The molecule has 1 aromatic carbocycles. The fraction of sp³-hybridized carbons (Fsp3) is 0. The van der Waals surface area contributed by atoms with Gasteiger partial charge in [0.15, 0.2) is 11.5 Å². The number of nitrogens with zero attached hydrogens (tertiary/aromatic N) is 4. The van der Waals surface area contributed by atoms with E-state index < -0.39 is 0 Å². The first-order valence-electron chi connectivity index (χ1n) is 5.39. The van der Waals surface area contributed by atoms with Crippen LogP contribution in [0.5, 0.6) is 0 Å². The molecule has 0 saturated heterocycles. The summed E-state index contributed by atoms with van der Waals surface area (Å²) in [5.41, 5.74) is 2.13. The number of fused-ring (bicyclic) bond motifs is 1. The van der Waals surface area contributed by atoms with Crippen LogP contribution in [-0.4, -0.2) is 14.6 Å². The third kappa shape index (κ3) is 2.17. The second-order valence-electron chi connectivity index (χ2n) is 3.90. The molecule has 19 heavy (non-hydrogen) atoms. The molecule has 0 N–H and O–H groups in total. The van der Waals surface area contributed by atoms with E-state index in [4.69, 9.17) is 16.9 Å². The molecule has 0 bridgehead atoms. The summed E-state index contributed by atoms with van der Waals surface area (Å²) >= 11 is 8.26.